The van der Waals surface area contributed by atoms with Crippen molar-refractivity contribution in [3.63, 3.8) is 0 Å². The van der Waals surface area contributed by atoms with E-state index in [1.807, 2.05) is 36.9 Å². The second kappa shape index (κ2) is 7.48. The minimum atomic E-state index is 0. The van der Waals surface area contributed by atoms with Crippen LogP contribution in [0.4, 0.5) is 5.69 Å². The highest BCUT2D eigenvalue weighted by molar-refractivity contribution is 5.95. The molecule has 0 unspecified atom stereocenters. The summed E-state index contributed by atoms with van der Waals surface area (Å²) in [5.74, 6) is 0.0276. The molecule has 1 aromatic rings. The fourth-order valence-corrected chi connectivity index (χ4v) is 2.03. The van der Waals surface area contributed by atoms with E-state index in [1.54, 1.807) is 0 Å². The van der Waals surface area contributed by atoms with E-state index >= 15 is 0 Å². The molecule has 19 heavy (non-hydrogen) atoms. The number of nitrogens with zero attached hydrogens (tertiary/aromatic N) is 1. The molecule has 4 nitrogen and oxygen atoms in total. The lowest BCUT2D eigenvalue weighted by Gasteiger charge is -2.23. The van der Waals surface area contributed by atoms with Crippen molar-refractivity contribution >= 4 is 24.0 Å². The number of amides is 1. The molecule has 5 heteroatoms. The lowest BCUT2D eigenvalue weighted by atomic mass is 10.1. The van der Waals surface area contributed by atoms with Gasteiger partial charge < -0.3 is 15.0 Å². The topological polar surface area (TPSA) is 41.6 Å². The molecular weight excluding hydrogens is 264 g/mol. The predicted octanol–water partition coefficient (Wildman–Crippen LogP) is 1.97. The number of para-hydroxylation sites is 1. The number of hydrogen-bond acceptors (Lipinski definition) is 3. The first-order valence-corrected chi connectivity index (χ1v) is 6.39. The van der Waals surface area contributed by atoms with Gasteiger partial charge >= 0.3 is 0 Å². The van der Waals surface area contributed by atoms with E-state index in [0.29, 0.717) is 6.54 Å². The number of halogens is 1. The number of fused-ring (bicyclic) bond motifs is 1. The number of ether oxygens (including phenoxy) is 1. The monoisotopic (exact) mass is 284 g/mol. The van der Waals surface area contributed by atoms with Crippen molar-refractivity contribution in [3.05, 3.63) is 29.8 Å². The summed E-state index contributed by atoms with van der Waals surface area (Å²) < 4.78 is 5.40. The molecular formula is C14H21ClN2O2. The van der Waals surface area contributed by atoms with E-state index in [-0.39, 0.29) is 31.0 Å². The molecule has 2 rings (SSSR count). The van der Waals surface area contributed by atoms with Gasteiger partial charge in [-0.3, -0.25) is 4.79 Å². The van der Waals surface area contributed by atoms with Crippen LogP contribution in [0.2, 0.25) is 0 Å². The summed E-state index contributed by atoms with van der Waals surface area (Å²) in [4.78, 5) is 14.0. The Hall–Kier alpha value is -1.10. The van der Waals surface area contributed by atoms with Gasteiger partial charge in [0.15, 0.2) is 0 Å². The van der Waals surface area contributed by atoms with Crippen LogP contribution in [-0.4, -0.2) is 31.7 Å². The number of rotatable bonds is 3. The number of nitrogens with one attached hydrogen (secondary N) is 1. The van der Waals surface area contributed by atoms with Crippen LogP contribution in [0.3, 0.4) is 0 Å². The van der Waals surface area contributed by atoms with Crippen molar-refractivity contribution < 1.29 is 9.53 Å². The Balaban J connectivity index is 0.00000180. The first kappa shape index (κ1) is 16.0. The van der Waals surface area contributed by atoms with Crippen molar-refractivity contribution in [2.45, 2.75) is 26.5 Å². The van der Waals surface area contributed by atoms with Gasteiger partial charge in [0.2, 0.25) is 0 Å². The van der Waals surface area contributed by atoms with Crippen LogP contribution in [0.5, 0.6) is 0 Å². The van der Waals surface area contributed by atoms with Crippen LogP contribution in [-0.2, 0) is 16.1 Å². The van der Waals surface area contributed by atoms with Crippen LogP contribution in [0, 0.1) is 0 Å². The SMILES string of the molecule is CC(C)OCC(=O)N1CCNCc2ccccc21.Cl. The third-order valence-corrected chi connectivity index (χ3v) is 2.95. The van der Waals surface area contributed by atoms with E-state index in [2.05, 4.69) is 11.4 Å². The summed E-state index contributed by atoms with van der Waals surface area (Å²) in [6.45, 7) is 6.33. The second-order valence-corrected chi connectivity index (χ2v) is 4.71. The largest absolute Gasteiger partial charge is 0.369 e. The fraction of sp³-hybridized carbons (Fsp3) is 0.500. The molecule has 0 spiro atoms. The fourth-order valence-electron chi connectivity index (χ4n) is 2.03. The standard InChI is InChI=1S/C14H20N2O2.ClH/c1-11(2)18-10-14(17)16-8-7-15-9-12-5-3-4-6-13(12)16;/h3-6,11,15H,7-10H2,1-2H3;1H. The Bertz CT molecular complexity index is 424. The minimum absolute atomic E-state index is 0. The molecule has 1 aromatic carbocycles. The number of benzene rings is 1. The molecule has 1 aliphatic heterocycles. The highest BCUT2D eigenvalue weighted by Crippen LogP contribution is 2.22. The van der Waals surface area contributed by atoms with E-state index < -0.39 is 0 Å². The maximum absolute atomic E-state index is 12.2. The first-order chi connectivity index (χ1) is 8.68. The summed E-state index contributed by atoms with van der Waals surface area (Å²) in [5.41, 5.74) is 2.16. The van der Waals surface area contributed by atoms with Gasteiger partial charge in [-0.1, -0.05) is 18.2 Å². The lowest BCUT2D eigenvalue weighted by molar-refractivity contribution is -0.124. The Morgan fingerprint density at radius 1 is 1.42 bits per heavy atom. The van der Waals surface area contributed by atoms with Crippen molar-refractivity contribution in [2.75, 3.05) is 24.6 Å². The molecule has 0 saturated carbocycles. The zero-order valence-corrected chi connectivity index (χ0v) is 12.2. The van der Waals surface area contributed by atoms with Gasteiger partial charge in [0.1, 0.15) is 6.61 Å². The molecule has 0 saturated heterocycles. The molecule has 0 atom stereocenters. The van der Waals surface area contributed by atoms with E-state index in [0.717, 1.165) is 24.3 Å². The van der Waals surface area contributed by atoms with E-state index in [9.17, 15) is 4.79 Å². The molecule has 1 aliphatic rings. The molecule has 0 radical (unpaired) electrons. The highest BCUT2D eigenvalue weighted by Gasteiger charge is 2.20. The average Bonchev–Trinajstić information content (AvgIpc) is 2.58. The minimum Gasteiger partial charge on any atom is -0.369 e. The van der Waals surface area contributed by atoms with E-state index in [1.165, 1.54) is 0 Å². The van der Waals surface area contributed by atoms with Crippen molar-refractivity contribution in [1.29, 1.82) is 0 Å². The number of anilines is 1. The zero-order chi connectivity index (χ0) is 13.0. The molecule has 1 heterocycles. The van der Waals surface area contributed by atoms with Gasteiger partial charge in [-0.2, -0.15) is 0 Å². The number of carbonyl (C=O) groups excluding carboxylic acids is 1. The van der Waals surface area contributed by atoms with Gasteiger partial charge in [-0.25, -0.2) is 0 Å². The van der Waals surface area contributed by atoms with Gasteiger partial charge in [-0.05, 0) is 25.5 Å². The summed E-state index contributed by atoms with van der Waals surface area (Å²) in [6.07, 6.45) is 0.0781. The summed E-state index contributed by atoms with van der Waals surface area (Å²) >= 11 is 0. The molecule has 1 N–H and O–H groups in total. The quantitative estimate of drug-likeness (QED) is 0.923. The maximum Gasteiger partial charge on any atom is 0.253 e. The van der Waals surface area contributed by atoms with Gasteiger partial charge in [0, 0.05) is 25.3 Å². The molecule has 0 aromatic heterocycles. The predicted molar refractivity (Wildman–Crippen MR) is 78.8 cm³/mol. The van der Waals surface area contributed by atoms with Crippen LogP contribution >= 0.6 is 12.4 Å². The Kier molecular flexibility index (Phi) is 6.28. The highest BCUT2D eigenvalue weighted by atomic mass is 35.5. The first-order valence-electron chi connectivity index (χ1n) is 6.39. The maximum atomic E-state index is 12.2. The summed E-state index contributed by atoms with van der Waals surface area (Å²) in [5, 5.41) is 3.32. The van der Waals surface area contributed by atoms with Crippen LogP contribution in [0.1, 0.15) is 19.4 Å². The number of carbonyl (C=O) groups is 1. The second-order valence-electron chi connectivity index (χ2n) is 4.71. The molecule has 0 aliphatic carbocycles. The smallest absolute Gasteiger partial charge is 0.253 e. The normalized spacial score (nSPS) is 14.6. The molecule has 1 amide bonds. The Labute approximate surface area is 120 Å². The van der Waals surface area contributed by atoms with E-state index in [4.69, 9.17) is 4.74 Å². The van der Waals surface area contributed by atoms with Crippen molar-refractivity contribution in [2.24, 2.45) is 0 Å². The molecule has 106 valence electrons. The average molecular weight is 285 g/mol. The zero-order valence-electron chi connectivity index (χ0n) is 11.4. The molecule has 0 fully saturated rings. The lowest BCUT2D eigenvalue weighted by Crippen LogP contribution is -2.37. The summed E-state index contributed by atoms with van der Waals surface area (Å²) in [6, 6.07) is 8.01. The third-order valence-electron chi connectivity index (χ3n) is 2.95. The summed E-state index contributed by atoms with van der Waals surface area (Å²) in [7, 11) is 0. The van der Waals surface area contributed by atoms with Crippen molar-refractivity contribution in [3.8, 4) is 0 Å². The van der Waals surface area contributed by atoms with Gasteiger partial charge in [-0.15, -0.1) is 12.4 Å². The van der Waals surface area contributed by atoms with Crippen LogP contribution < -0.4 is 10.2 Å². The van der Waals surface area contributed by atoms with Gasteiger partial charge in [0.05, 0.1) is 6.10 Å². The van der Waals surface area contributed by atoms with Crippen LogP contribution in [0.25, 0.3) is 0 Å². The Morgan fingerprint density at radius 2 is 2.16 bits per heavy atom. The third kappa shape index (κ3) is 4.20. The van der Waals surface area contributed by atoms with Crippen LogP contribution in [0.15, 0.2) is 24.3 Å². The molecule has 0 bridgehead atoms. The van der Waals surface area contributed by atoms with Crippen molar-refractivity contribution in [1.82, 2.24) is 5.32 Å². The number of hydrogen-bond donors (Lipinski definition) is 1. The van der Waals surface area contributed by atoms with Gasteiger partial charge in [0.25, 0.3) is 5.91 Å². The Morgan fingerprint density at radius 3 is 2.89 bits per heavy atom.